The summed E-state index contributed by atoms with van der Waals surface area (Å²) in [7, 11) is 0. The van der Waals surface area contributed by atoms with Crippen LogP contribution in [-0.4, -0.2) is 142 Å². The molecule has 1 heterocycles. The van der Waals surface area contributed by atoms with Crippen LogP contribution >= 0.6 is 0 Å². The van der Waals surface area contributed by atoms with Crippen molar-refractivity contribution < 1.29 is 54.0 Å². The molecule has 0 aliphatic carbocycles. The maximum absolute atomic E-state index is 13.1. The van der Waals surface area contributed by atoms with Gasteiger partial charge in [-0.1, -0.05) is 25.5 Å². The Bertz CT molecular complexity index is 1730. The van der Waals surface area contributed by atoms with E-state index in [2.05, 4.69) is 21.3 Å². The van der Waals surface area contributed by atoms with Crippen LogP contribution in [0.3, 0.4) is 0 Å². The van der Waals surface area contributed by atoms with E-state index in [0.29, 0.717) is 62.3 Å². The number of nitrogens with zero attached hydrogens (tertiary/aromatic N) is 4. The number of hydrogen-bond donors (Lipinski definition) is 8. The Balaban J connectivity index is 1.27. The van der Waals surface area contributed by atoms with Gasteiger partial charge in [0, 0.05) is 105 Å². The highest BCUT2D eigenvalue weighted by Crippen LogP contribution is 2.34. The highest BCUT2D eigenvalue weighted by Gasteiger charge is 2.32. The summed E-state index contributed by atoms with van der Waals surface area (Å²) < 4.78 is 0. The minimum Gasteiger partial charge on any atom is -0.383 e. The number of anilines is 1. The number of carbonyl (C=O) groups is 8. The Hall–Kier alpha value is -5.70. The monoisotopic (exact) mass is 785 g/mol. The van der Waals surface area contributed by atoms with Crippen LogP contribution in [-0.2, 0) is 28.8 Å². The summed E-state index contributed by atoms with van der Waals surface area (Å²) >= 11 is 0. The number of carbonyl (C=O) groups excluding carboxylic acids is 8. The van der Waals surface area contributed by atoms with Gasteiger partial charge in [0.25, 0.3) is 11.8 Å². The number of amides is 8. The molecule has 1 aliphatic heterocycles. The number of unbranched alkanes of at least 4 members (excludes halogenated alkanes) is 1. The fraction of sp³-hybridized carbons (Fsp3) is 0.500. The van der Waals surface area contributed by atoms with Gasteiger partial charge >= 0.3 is 0 Å². The van der Waals surface area contributed by atoms with Crippen LogP contribution in [0.4, 0.5) is 5.69 Å². The molecule has 0 radical (unpaired) electrons. The number of hydroxylamine groups is 6. The summed E-state index contributed by atoms with van der Waals surface area (Å²) in [6.45, 7) is 1.69. The predicted molar refractivity (Wildman–Crippen MR) is 199 cm³/mol. The van der Waals surface area contributed by atoms with E-state index in [9.17, 15) is 54.0 Å². The molecule has 2 aromatic rings. The fourth-order valence-corrected chi connectivity index (χ4v) is 5.61. The molecule has 306 valence electrons. The van der Waals surface area contributed by atoms with E-state index >= 15 is 0 Å². The van der Waals surface area contributed by atoms with Crippen molar-refractivity contribution in [1.82, 2.24) is 36.0 Å². The lowest BCUT2D eigenvalue weighted by Gasteiger charge is -2.27. The number of nitrogens with one attached hydrogen (secondary N) is 4. The summed E-state index contributed by atoms with van der Waals surface area (Å²) in [5.41, 5.74) is 6.83. The Morgan fingerprint density at radius 2 is 1.12 bits per heavy atom. The topological polar surface area (TPSA) is 284 Å². The van der Waals surface area contributed by atoms with E-state index < -0.39 is 35.4 Å². The van der Waals surface area contributed by atoms with Crippen LogP contribution < -0.4 is 27.0 Å². The van der Waals surface area contributed by atoms with Crippen molar-refractivity contribution in [3.8, 4) is 0 Å². The molecule has 0 saturated carbocycles. The van der Waals surface area contributed by atoms with Gasteiger partial charge in [0.2, 0.25) is 35.4 Å². The van der Waals surface area contributed by atoms with Gasteiger partial charge in [-0.3, -0.25) is 58.9 Å². The smallest absolute Gasteiger partial charge is 0.261 e. The summed E-state index contributed by atoms with van der Waals surface area (Å²) in [6.07, 6.45) is 0.195. The molecule has 2 aromatic carbocycles. The molecule has 0 spiro atoms. The lowest BCUT2D eigenvalue weighted by Crippen LogP contribution is -2.40. The first-order chi connectivity index (χ1) is 26.8. The Morgan fingerprint density at radius 1 is 0.643 bits per heavy atom. The Labute approximate surface area is 323 Å². The van der Waals surface area contributed by atoms with Crippen molar-refractivity contribution >= 4 is 63.7 Å². The third-order valence-electron chi connectivity index (χ3n) is 8.69. The summed E-state index contributed by atoms with van der Waals surface area (Å²) in [5.74, 6) is -4.35. The number of imide groups is 1. The first kappa shape index (κ1) is 44.7. The zero-order valence-electron chi connectivity index (χ0n) is 31.4. The molecular weight excluding hydrogens is 734 g/mol. The van der Waals surface area contributed by atoms with Gasteiger partial charge in [-0.2, -0.15) is 0 Å². The van der Waals surface area contributed by atoms with Crippen LogP contribution in [0.5, 0.6) is 0 Å². The standard InChI is InChI=1S/C36H51N9O11/c1-2-3-20-42-35(52)25-6-4-5-24-27(8-7-26(34(24)25)36(42)53)38-18-19-41-30(48)14-23-45(56)33(51)11-17-40-29(47)13-22-44(55)32(50)10-16-39-28(46)12-21-43(54)31(49)9-15-37/h4-8,38,54-56H,2-3,9-23,37H2,1H3,(H,39,46)(H,40,47)(H,41,48). The van der Waals surface area contributed by atoms with Gasteiger partial charge in [0.05, 0.1) is 19.6 Å². The first-order valence-corrected chi connectivity index (χ1v) is 18.4. The second-order valence-electron chi connectivity index (χ2n) is 12.8. The van der Waals surface area contributed by atoms with Crippen LogP contribution in [0.2, 0.25) is 0 Å². The number of benzene rings is 2. The lowest BCUT2D eigenvalue weighted by atomic mass is 9.93. The maximum Gasteiger partial charge on any atom is 0.261 e. The summed E-state index contributed by atoms with van der Waals surface area (Å²) in [5, 5.41) is 42.6. The van der Waals surface area contributed by atoms with Gasteiger partial charge in [-0.25, -0.2) is 15.2 Å². The number of hydrogen-bond acceptors (Lipinski definition) is 13. The Morgan fingerprint density at radius 3 is 1.62 bits per heavy atom. The fourth-order valence-electron chi connectivity index (χ4n) is 5.61. The minimum absolute atomic E-state index is 0.0472. The summed E-state index contributed by atoms with van der Waals surface area (Å²) in [6, 6.07) is 8.73. The molecule has 0 unspecified atom stereocenters. The quantitative estimate of drug-likeness (QED) is 0.0300. The lowest BCUT2D eigenvalue weighted by molar-refractivity contribution is -0.166. The van der Waals surface area contributed by atoms with Gasteiger partial charge in [-0.05, 0) is 24.6 Å². The molecule has 20 nitrogen and oxygen atoms in total. The number of rotatable bonds is 24. The van der Waals surface area contributed by atoms with Gasteiger partial charge in [0.1, 0.15) is 0 Å². The van der Waals surface area contributed by atoms with Gasteiger partial charge in [0.15, 0.2) is 0 Å². The van der Waals surface area contributed by atoms with Crippen molar-refractivity contribution in [2.24, 2.45) is 5.73 Å². The van der Waals surface area contributed by atoms with Gasteiger partial charge < -0.3 is 27.0 Å². The van der Waals surface area contributed by atoms with Crippen molar-refractivity contribution in [3.05, 3.63) is 41.5 Å². The van der Waals surface area contributed by atoms with Crippen LogP contribution in [0, 0.1) is 0 Å². The molecule has 0 fully saturated rings. The molecule has 56 heavy (non-hydrogen) atoms. The average Bonchev–Trinajstić information content (AvgIpc) is 3.18. The molecule has 20 heteroatoms. The molecule has 1 aliphatic rings. The third-order valence-corrected chi connectivity index (χ3v) is 8.69. The zero-order valence-corrected chi connectivity index (χ0v) is 31.4. The van der Waals surface area contributed by atoms with Crippen molar-refractivity contribution in [2.45, 2.75) is 58.3 Å². The van der Waals surface area contributed by atoms with E-state index in [1.54, 1.807) is 24.3 Å². The van der Waals surface area contributed by atoms with Crippen LogP contribution in [0.1, 0.15) is 79.0 Å². The molecule has 0 saturated heterocycles. The Kier molecular flexibility index (Phi) is 18.1. The molecule has 0 aromatic heterocycles. The molecule has 0 atom stereocenters. The van der Waals surface area contributed by atoms with Crippen molar-refractivity contribution in [1.29, 1.82) is 0 Å². The van der Waals surface area contributed by atoms with Crippen LogP contribution in [0.15, 0.2) is 30.3 Å². The predicted octanol–water partition coefficient (Wildman–Crippen LogP) is -0.0509. The van der Waals surface area contributed by atoms with E-state index in [-0.39, 0.29) is 96.2 Å². The summed E-state index contributed by atoms with van der Waals surface area (Å²) in [4.78, 5) is 99.5. The first-order valence-electron chi connectivity index (χ1n) is 18.4. The third kappa shape index (κ3) is 13.3. The average molecular weight is 786 g/mol. The molecule has 8 amide bonds. The SMILES string of the molecule is CCCCN1C(=O)c2cccc3c(NCCNC(=O)CCN(O)C(=O)CCNC(=O)CCN(O)C(=O)CCNC(=O)CCN(O)C(=O)CCN)ccc(c23)C1=O. The largest absolute Gasteiger partial charge is 0.383 e. The highest BCUT2D eigenvalue weighted by atomic mass is 16.5. The zero-order chi connectivity index (χ0) is 41.2. The molecule has 9 N–H and O–H groups in total. The molecular formula is C36H51N9O11. The van der Waals surface area contributed by atoms with E-state index in [4.69, 9.17) is 5.73 Å². The van der Waals surface area contributed by atoms with Gasteiger partial charge in [-0.15, -0.1) is 0 Å². The van der Waals surface area contributed by atoms with E-state index in [1.807, 2.05) is 13.0 Å². The van der Waals surface area contributed by atoms with Crippen molar-refractivity contribution in [2.75, 3.05) is 64.2 Å². The number of nitrogens with two attached hydrogens (primary N) is 1. The van der Waals surface area contributed by atoms with Crippen LogP contribution in [0.25, 0.3) is 10.8 Å². The minimum atomic E-state index is -0.772. The van der Waals surface area contributed by atoms with E-state index in [1.165, 1.54) is 4.90 Å². The molecule has 0 bridgehead atoms. The normalized spacial score (nSPS) is 11.9. The second-order valence-corrected chi connectivity index (χ2v) is 12.8. The molecule has 3 rings (SSSR count). The maximum atomic E-state index is 13.1. The second kappa shape index (κ2) is 22.6. The van der Waals surface area contributed by atoms with E-state index in [0.717, 1.165) is 6.42 Å². The highest BCUT2D eigenvalue weighted by molar-refractivity contribution is 6.26. The van der Waals surface area contributed by atoms with Crippen molar-refractivity contribution in [3.63, 3.8) is 0 Å².